The van der Waals surface area contributed by atoms with Crippen molar-refractivity contribution in [2.75, 3.05) is 10.6 Å². The molecule has 0 spiro atoms. The van der Waals surface area contributed by atoms with Crippen LogP contribution in [0.1, 0.15) is 31.0 Å². The fourth-order valence-corrected chi connectivity index (χ4v) is 3.03. The van der Waals surface area contributed by atoms with Crippen LogP contribution in [-0.2, 0) is 17.6 Å². The number of hydrogen-bond acceptors (Lipinski definition) is 3. The molecule has 0 unspecified atom stereocenters. The van der Waals surface area contributed by atoms with Crippen molar-refractivity contribution in [3.05, 3.63) is 71.4 Å². The van der Waals surface area contributed by atoms with Crippen LogP contribution in [0.5, 0.6) is 0 Å². The van der Waals surface area contributed by atoms with Gasteiger partial charge in [-0.05, 0) is 42.7 Å². The molecule has 3 N–H and O–H groups in total. The number of carboxylic acids is 1. The molecule has 0 aliphatic carbocycles. The van der Waals surface area contributed by atoms with Gasteiger partial charge in [-0.2, -0.15) is 5.10 Å². The minimum absolute atomic E-state index is 0.148. The van der Waals surface area contributed by atoms with E-state index in [1.165, 1.54) is 4.68 Å². The van der Waals surface area contributed by atoms with Gasteiger partial charge in [0.2, 0.25) is 0 Å². The smallest absolute Gasteiger partial charge is 0.324 e. The normalized spacial score (nSPS) is 10.7. The zero-order valence-corrected chi connectivity index (χ0v) is 16.9. The molecule has 1 heterocycles. The average molecular weight is 428 g/mol. The Morgan fingerprint density at radius 1 is 1.10 bits per heavy atom. The maximum atomic E-state index is 13.8. The second kappa shape index (κ2) is 9.84. The standard InChI is InChI=1S/C22H22F2N4O3/c1-2-3-6-16-13-20(26-22(31)25-19-9-8-15(23)12-18(19)24)28(27-16)17-7-4-5-14(10-17)11-21(29)30/h4-5,7-10,12-13H,2-3,6,11H2,1H3,(H,29,30)(H2,25,26,31). The molecular formula is C22H22F2N4O3. The Bertz CT molecular complexity index is 1100. The summed E-state index contributed by atoms with van der Waals surface area (Å²) in [6, 6.07) is 10.6. The summed E-state index contributed by atoms with van der Waals surface area (Å²) in [4.78, 5) is 23.5. The number of hydrogen-bond donors (Lipinski definition) is 3. The SMILES string of the molecule is CCCCc1cc(NC(=O)Nc2ccc(F)cc2F)n(-c2cccc(CC(=O)O)c2)n1. The van der Waals surface area contributed by atoms with E-state index in [1.807, 2.05) is 0 Å². The quantitative estimate of drug-likeness (QED) is 0.482. The third-order valence-electron chi connectivity index (χ3n) is 4.48. The zero-order valence-electron chi connectivity index (χ0n) is 16.9. The fraction of sp³-hybridized carbons (Fsp3) is 0.227. The number of nitrogens with zero attached hydrogens (tertiary/aromatic N) is 2. The van der Waals surface area contributed by atoms with E-state index in [2.05, 4.69) is 22.7 Å². The molecule has 3 aromatic rings. The van der Waals surface area contributed by atoms with Crippen LogP contribution in [0, 0.1) is 11.6 Å². The molecule has 0 saturated heterocycles. The molecule has 1 aromatic heterocycles. The highest BCUT2D eigenvalue weighted by Gasteiger charge is 2.15. The van der Waals surface area contributed by atoms with Crippen molar-refractivity contribution in [1.29, 1.82) is 0 Å². The van der Waals surface area contributed by atoms with Gasteiger partial charge in [0, 0.05) is 12.1 Å². The third-order valence-corrected chi connectivity index (χ3v) is 4.48. The van der Waals surface area contributed by atoms with Crippen LogP contribution in [0.25, 0.3) is 5.69 Å². The van der Waals surface area contributed by atoms with Gasteiger partial charge in [-0.1, -0.05) is 25.5 Å². The maximum Gasteiger partial charge on any atom is 0.324 e. The van der Waals surface area contributed by atoms with Gasteiger partial charge in [0.25, 0.3) is 0 Å². The Balaban J connectivity index is 1.87. The van der Waals surface area contributed by atoms with Gasteiger partial charge < -0.3 is 10.4 Å². The van der Waals surface area contributed by atoms with Crippen LogP contribution >= 0.6 is 0 Å². The molecule has 0 bridgehead atoms. The van der Waals surface area contributed by atoms with E-state index in [-0.39, 0.29) is 12.1 Å². The van der Waals surface area contributed by atoms with Crippen molar-refractivity contribution in [2.45, 2.75) is 32.6 Å². The number of aromatic nitrogens is 2. The first kappa shape index (κ1) is 21.9. The first-order chi connectivity index (χ1) is 14.9. The number of anilines is 2. The van der Waals surface area contributed by atoms with Crippen molar-refractivity contribution in [3.63, 3.8) is 0 Å². The van der Waals surface area contributed by atoms with Gasteiger partial charge >= 0.3 is 12.0 Å². The third kappa shape index (κ3) is 5.88. The Morgan fingerprint density at radius 3 is 2.61 bits per heavy atom. The zero-order chi connectivity index (χ0) is 22.4. The van der Waals surface area contributed by atoms with Crippen LogP contribution < -0.4 is 10.6 Å². The van der Waals surface area contributed by atoms with Crippen LogP contribution in [0.15, 0.2) is 48.5 Å². The molecule has 0 atom stereocenters. The predicted octanol–water partition coefficient (Wildman–Crippen LogP) is 4.76. The van der Waals surface area contributed by atoms with E-state index in [0.29, 0.717) is 29.6 Å². The molecule has 0 aliphatic rings. The van der Waals surface area contributed by atoms with Gasteiger partial charge in [-0.15, -0.1) is 0 Å². The lowest BCUT2D eigenvalue weighted by Crippen LogP contribution is -2.22. The molecule has 31 heavy (non-hydrogen) atoms. The first-order valence-corrected chi connectivity index (χ1v) is 9.79. The molecule has 2 aromatic carbocycles. The van der Waals surface area contributed by atoms with Gasteiger partial charge in [0.15, 0.2) is 0 Å². The number of rotatable bonds is 8. The van der Waals surface area contributed by atoms with E-state index in [4.69, 9.17) is 5.11 Å². The summed E-state index contributed by atoms with van der Waals surface area (Å²) in [7, 11) is 0. The summed E-state index contributed by atoms with van der Waals surface area (Å²) < 4.78 is 28.4. The second-order valence-corrected chi connectivity index (χ2v) is 6.98. The molecule has 7 nitrogen and oxygen atoms in total. The second-order valence-electron chi connectivity index (χ2n) is 6.98. The van der Waals surface area contributed by atoms with Crippen LogP contribution in [0.2, 0.25) is 0 Å². The molecule has 162 valence electrons. The topological polar surface area (TPSA) is 96.2 Å². The van der Waals surface area contributed by atoms with Crippen molar-refractivity contribution in [3.8, 4) is 5.69 Å². The van der Waals surface area contributed by atoms with Crippen molar-refractivity contribution in [1.82, 2.24) is 9.78 Å². The highest BCUT2D eigenvalue weighted by atomic mass is 19.1. The lowest BCUT2D eigenvalue weighted by Gasteiger charge is -2.11. The number of carboxylic acid groups (broad SMARTS) is 1. The largest absolute Gasteiger partial charge is 0.481 e. The number of carbonyl (C=O) groups excluding carboxylic acids is 1. The highest BCUT2D eigenvalue weighted by molar-refractivity contribution is 5.99. The average Bonchev–Trinajstić information content (AvgIpc) is 3.10. The number of urea groups is 1. The number of nitrogens with one attached hydrogen (secondary N) is 2. The van der Waals surface area contributed by atoms with E-state index in [9.17, 15) is 18.4 Å². The molecule has 0 fully saturated rings. The van der Waals surface area contributed by atoms with Gasteiger partial charge in [0.05, 0.1) is 23.5 Å². The van der Waals surface area contributed by atoms with Gasteiger partial charge in [-0.3, -0.25) is 10.1 Å². The number of halogens is 2. The monoisotopic (exact) mass is 428 g/mol. The molecular weight excluding hydrogens is 406 g/mol. The number of carbonyl (C=O) groups is 2. The first-order valence-electron chi connectivity index (χ1n) is 9.79. The summed E-state index contributed by atoms with van der Waals surface area (Å²) in [5.74, 6) is -2.27. The summed E-state index contributed by atoms with van der Waals surface area (Å²) >= 11 is 0. The highest BCUT2D eigenvalue weighted by Crippen LogP contribution is 2.21. The fourth-order valence-electron chi connectivity index (χ4n) is 3.03. The lowest BCUT2D eigenvalue weighted by atomic mass is 10.1. The molecule has 9 heteroatoms. The Labute approximate surface area is 177 Å². The number of amides is 2. The van der Waals surface area contributed by atoms with Crippen molar-refractivity contribution < 1.29 is 23.5 Å². The lowest BCUT2D eigenvalue weighted by molar-refractivity contribution is -0.136. The molecule has 0 saturated carbocycles. The molecule has 0 radical (unpaired) electrons. The van der Waals surface area contributed by atoms with Crippen molar-refractivity contribution in [2.24, 2.45) is 0 Å². The number of benzene rings is 2. The van der Waals surface area contributed by atoms with Crippen LogP contribution in [0.3, 0.4) is 0 Å². The van der Waals surface area contributed by atoms with Crippen LogP contribution in [0.4, 0.5) is 25.1 Å². The number of aliphatic carboxylic acids is 1. The predicted molar refractivity (Wildman–Crippen MR) is 113 cm³/mol. The Morgan fingerprint density at radius 2 is 1.90 bits per heavy atom. The molecule has 2 amide bonds. The Kier molecular flexibility index (Phi) is 6.96. The molecule has 3 rings (SSSR count). The van der Waals surface area contributed by atoms with E-state index in [1.54, 1.807) is 30.3 Å². The van der Waals surface area contributed by atoms with E-state index >= 15 is 0 Å². The number of unbranched alkanes of at least 4 members (excludes halogenated alkanes) is 1. The summed E-state index contributed by atoms with van der Waals surface area (Å²) in [6.07, 6.45) is 2.42. The Hall–Kier alpha value is -3.75. The van der Waals surface area contributed by atoms with Gasteiger partial charge in [-0.25, -0.2) is 18.3 Å². The number of aryl methyl sites for hydroxylation is 1. The maximum absolute atomic E-state index is 13.8. The van der Waals surface area contributed by atoms with Crippen molar-refractivity contribution >= 4 is 23.5 Å². The minimum Gasteiger partial charge on any atom is -0.481 e. The van der Waals surface area contributed by atoms with E-state index < -0.39 is 23.6 Å². The summed E-state index contributed by atoms with van der Waals surface area (Å²) in [5, 5.41) is 18.5. The molecule has 0 aliphatic heterocycles. The van der Waals surface area contributed by atoms with Crippen LogP contribution in [-0.4, -0.2) is 26.9 Å². The minimum atomic E-state index is -0.958. The summed E-state index contributed by atoms with van der Waals surface area (Å²) in [6.45, 7) is 2.05. The van der Waals surface area contributed by atoms with Gasteiger partial charge in [0.1, 0.15) is 17.5 Å². The summed E-state index contributed by atoms with van der Waals surface area (Å²) in [5.41, 5.74) is 1.73. The van der Waals surface area contributed by atoms with E-state index in [0.717, 1.165) is 30.7 Å².